The van der Waals surface area contributed by atoms with Gasteiger partial charge in [-0.1, -0.05) is 0 Å². The second kappa shape index (κ2) is 4.68. The molecule has 4 nitrogen and oxygen atoms in total. The molecule has 0 aromatic heterocycles. The number of aryl methyl sites for hydroxylation is 1. The molecule has 96 valence electrons. The first-order valence-electron chi connectivity index (χ1n) is 5.93. The van der Waals surface area contributed by atoms with Gasteiger partial charge in [-0.15, -0.1) is 0 Å². The van der Waals surface area contributed by atoms with Gasteiger partial charge in [0.15, 0.2) is 0 Å². The Kier molecular flexibility index (Phi) is 3.01. The van der Waals surface area contributed by atoms with Crippen LogP contribution in [0, 0.1) is 17.0 Å². The summed E-state index contributed by atoms with van der Waals surface area (Å²) in [4.78, 5) is 10.8. The summed E-state index contributed by atoms with van der Waals surface area (Å²) in [6, 6.07) is 13.7. The van der Waals surface area contributed by atoms with Crippen molar-refractivity contribution < 1.29 is 4.92 Å². The molecule has 3 rings (SSSR count). The average Bonchev–Trinajstić information content (AvgIpc) is 2.82. The molecule has 0 bridgehead atoms. The zero-order chi connectivity index (χ0) is 13.4. The predicted molar refractivity (Wildman–Crippen MR) is 75.8 cm³/mol. The number of fused-ring (bicyclic) bond motifs is 1. The molecular weight excluding hydrogens is 307 g/mol. The van der Waals surface area contributed by atoms with E-state index >= 15 is 0 Å². The number of anilines is 1. The third-order valence-electron chi connectivity index (χ3n) is 3.11. The molecule has 0 radical (unpaired) electrons. The van der Waals surface area contributed by atoms with Crippen LogP contribution in [0.5, 0.6) is 0 Å². The number of hydrogen-bond acceptors (Lipinski definition) is 3. The van der Waals surface area contributed by atoms with Crippen molar-refractivity contribution in [3.63, 3.8) is 0 Å². The van der Waals surface area contributed by atoms with Crippen LogP contribution in [-0.4, -0.2) is 20.1 Å². The van der Waals surface area contributed by atoms with Crippen LogP contribution in [-0.2, 0) is 6.54 Å². The SMILES string of the molecule is Cc1ccc(N2Cc3cccc([N+](=O)[O-])c3[Se]2)cc1. The van der Waals surface area contributed by atoms with Crippen LogP contribution in [0.3, 0.4) is 0 Å². The summed E-state index contributed by atoms with van der Waals surface area (Å²) in [5.41, 5.74) is 3.69. The van der Waals surface area contributed by atoms with Crippen molar-refractivity contribution in [2.24, 2.45) is 0 Å². The van der Waals surface area contributed by atoms with Crippen LogP contribution < -0.4 is 8.38 Å². The molecule has 2 aromatic rings. The average molecular weight is 319 g/mol. The van der Waals surface area contributed by atoms with Crippen molar-refractivity contribution in [3.8, 4) is 0 Å². The first kappa shape index (κ1) is 12.2. The van der Waals surface area contributed by atoms with Gasteiger partial charge < -0.3 is 0 Å². The predicted octanol–water partition coefficient (Wildman–Crippen LogP) is 2.17. The quantitative estimate of drug-likeness (QED) is 0.484. The van der Waals surface area contributed by atoms with Gasteiger partial charge in [-0.2, -0.15) is 0 Å². The van der Waals surface area contributed by atoms with E-state index in [1.165, 1.54) is 5.56 Å². The van der Waals surface area contributed by atoms with Crippen LogP contribution in [0.15, 0.2) is 42.5 Å². The number of benzene rings is 2. The monoisotopic (exact) mass is 320 g/mol. The number of nitro benzene ring substituents is 1. The van der Waals surface area contributed by atoms with Crippen molar-refractivity contribution in [1.29, 1.82) is 0 Å². The molecule has 19 heavy (non-hydrogen) atoms. The molecule has 0 amide bonds. The molecule has 0 unspecified atom stereocenters. The molecule has 0 aliphatic carbocycles. The van der Waals surface area contributed by atoms with Crippen LogP contribution in [0.4, 0.5) is 11.4 Å². The Bertz CT molecular complexity index is 640. The molecule has 1 heterocycles. The molecule has 5 heteroatoms. The van der Waals surface area contributed by atoms with Gasteiger partial charge in [0.1, 0.15) is 0 Å². The fourth-order valence-electron chi connectivity index (χ4n) is 2.10. The number of nitro groups is 1. The van der Waals surface area contributed by atoms with Crippen LogP contribution >= 0.6 is 0 Å². The minimum atomic E-state index is -0.279. The molecule has 2 aromatic carbocycles. The van der Waals surface area contributed by atoms with Gasteiger partial charge in [0, 0.05) is 0 Å². The second-order valence-corrected chi connectivity index (χ2v) is 6.65. The zero-order valence-electron chi connectivity index (χ0n) is 10.4. The molecule has 0 spiro atoms. The third kappa shape index (κ3) is 2.22. The maximum atomic E-state index is 11.0. The van der Waals surface area contributed by atoms with Gasteiger partial charge >= 0.3 is 117 Å². The standard InChI is InChI=1S/C14H12N2O2Se/c1-10-5-7-12(8-6-10)15-9-11-3-2-4-13(16(17)18)14(11)19-15/h2-8H,9H2,1H3. The minimum absolute atomic E-state index is 0.0196. The molecule has 0 atom stereocenters. The summed E-state index contributed by atoms with van der Waals surface area (Å²) >= 11 is -0.0196. The van der Waals surface area contributed by atoms with Gasteiger partial charge in [-0.25, -0.2) is 0 Å². The number of nitrogens with zero attached hydrogens (tertiary/aromatic N) is 2. The van der Waals surface area contributed by atoms with E-state index in [1.54, 1.807) is 12.1 Å². The van der Waals surface area contributed by atoms with Crippen molar-refractivity contribution in [3.05, 3.63) is 63.7 Å². The summed E-state index contributed by atoms with van der Waals surface area (Å²) in [7, 11) is 0. The Balaban J connectivity index is 1.94. The number of rotatable bonds is 2. The summed E-state index contributed by atoms with van der Waals surface area (Å²) in [6.07, 6.45) is 0. The van der Waals surface area contributed by atoms with Gasteiger partial charge in [-0.3, -0.25) is 0 Å². The summed E-state index contributed by atoms with van der Waals surface area (Å²) in [6.45, 7) is 2.82. The summed E-state index contributed by atoms with van der Waals surface area (Å²) in [5, 5.41) is 11.0. The summed E-state index contributed by atoms with van der Waals surface area (Å²) < 4.78 is 3.13. The van der Waals surface area contributed by atoms with E-state index in [4.69, 9.17) is 0 Å². The Morgan fingerprint density at radius 1 is 1.21 bits per heavy atom. The van der Waals surface area contributed by atoms with E-state index in [0.717, 1.165) is 22.3 Å². The van der Waals surface area contributed by atoms with E-state index in [-0.39, 0.29) is 25.8 Å². The molecule has 0 N–H and O–H groups in total. The molecule has 1 aliphatic rings. The topological polar surface area (TPSA) is 46.4 Å². The van der Waals surface area contributed by atoms with E-state index in [1.807, 2.05) is 6.07 Å². The molecule has 1 aliphatic heterocycles. The first-order valence-corrected chi connectivity index (χ1v) is 7.56. The molecular formula is C14H12N2O2Se. The maximum absolute atomic E-state index is 11.0. The molecule has 0 saturated carbocycles. The van der Waals surface area contributed by atoms with Gasteiger partial charge in [0.25, 0.3) is 0 Å². The van der Waals surface area contributed by atoms with Gasteiger partial charge in [0.2, 0.25) is 0 Å². The third-order valence-corrected chi connectivity index (χ3v) is 5.66. The van der Waals surface area contributed by atoms with Crippen molar-refractivity contribution in [2.45, 2.75) is 13.5 Å². The Hall–Kier alpha value is -1.84. The molecule has 0 fully saturated rings. The van der Waals surface area contributed by atoms with Crippen molar-refractivity contribution >= 4 is 31.0 Å². The van der Waals surface area contributed by atoms with Crippen LogP contribution in [0.2, 0.25) is 0 Å². The van der Waals surface area contributed by atoms with E-state index < -0.39 is 0 Å². The summed E-state index contributed by atoms with van der Waals surface area (Å²) in [5.74, 6) is 0. The number of hydrogen-bond donors (Lipinski definition) is 0. The fourth-order valence-corrected chi connectivity index (χ4v) is 4.48. The Labute approximate surface area is 117 Å². The first-order chi connectivity index (χ1) is 9.15. The Morgan fingerprint density at radius 3 is 2.63 bits per heavy atom. The normalized spacial score (nSPS) is 13.4. The van der Waals surface area contributed by atoms with E-state index in [9.17, 15) is 10.1 Å². The van der Waals surface area contributed by atoms with E-state index in [2.05, 4.69) is 35.1 Å². The van der Waals surface area contributed by atoms with Gasteiger partial charge in [0.05, 0.1) is 0 Å². The van der Waals surface area contributed by atoms with Crippen molar-refractivity contribution in [1.82, 2.24) is 0 Å². The fraction of sp³-hybridized carbons (Fsp3) is 0.143. The zero-order valence-corrected chi connectivity index (χ0v) is 12.1. The van der Waals surface area contributed by atoms with Crippen LogP contribution in [0.25, 0.3) is 0 Å². The Morgan fingerprint density at radius 2 is 1.95 bits per heavy atom. The van der Waals surface area contributed by atoms with Crippen molar-refractivity contribution in [2.75, 3.05) is 3.92 Å². The van der Waals surface area contributed by atoms with Crippen LogP contribution in [0.1, 0.15) is 11.1 Å². The van der Waals surface area contributed by atoms with Gasteiger partial charge in [-0.05, 0) is 0 Å². The molecule has 0 saturated heterocycles. The second-order valence-electron chi connectivity index (χ2n) is 4.49. The van der Waals surface area contributed by atoms with E-state index in [0.29, 0.717) is 0 Å².